The van der Waals surface area contributed by atoms with Gasteiger partial charge in [-0.25, -0.2) is 0 Å². The van der Waals surface area contributed by atoms with E-state index in [4.69, 9.17) is 0 Å². The first-order valence-corrected chi connectivity index (χ1v) is 6.71. The Morgan fingerprint density at radius 3 is 2.76 bits per heavy atom. The number of thiophene rings is 1. The van der Waals surface area contributed by atoms with E-state index < -0.39 is 0 Å². The summed E-state index contributed by atoms with van der Waals surface area (Å²) in [6.07, 6.45) is 4.82. The molecular formula is C13H17N3S. The lowest BCUT2D eigenvalue weighted by Crippen LogP contribution is -2.02. The first-order chi connectivity index (χ1) is 8.38. The second-order valence-electron chi connectivity index (χ2n) is 3.82. The van der Waals surface area contributed by atoms with Gasteiger partial charge in [-0.2, -0.15) is 0 Å². The number of aromatic nitrogens is 1. The summed E-state index contributed by atoms with van der Waals surface area (Å²) in [4.78, 5) is 5.55. The van der Waals surface area contributed by atoms with Gasteiger partial charge in [0, 0.05) is 18.0 Å². The van der Waals surface area contributed by atoms with Crippen LogP contribution in [0.5, 0.6) is 0 Å². The van der Waals surface area contributed by atoms with E-state index in [0.29, 0.717) is 0 Å². The van der Waals surface area contributed by atoms with E-state index in [-0.39, 0.29) is 0 Å². The van der Waals surface area contributed by atoms with Crippen molar-refractivity contribution >= 4 is 22.7 Å². The van der Waals surface area contributed by atoms with Gasteiger partial charge in [0.1, 0.15) is 0 Å². The molecule has 2 N–H and O–H groups in total. The van der Waals surface area contributed by atoms with Crippen LogP contribution in [-0.2, 0) is 6.54 Å². The quantitative estimate of drug-likeness (QED) is 0.819. The van der Waals surface area contributed by atoms with Crippen LogP contribution < -0.4 is 10.6 Å². The van der Waals surface area contributed by atoms with Gasteiger partial charge in [0.05, 0.1) is 23.8 Å². The summed E-state index contributed by atoms with van der Waals surface area (Å²) in [5.41, 5.74) is 2.13. The highest BCUT2D eigenvalue weighted by Gasteiger charge is 1.97. The Hall–Kier alpha value is -1.55. The zero-order chi connectivity index (χ0) is 11.9. The van der Waals surface area contributed by atoms with Crippen molar-refractivity contribution < 1.29 is 0 Å². The van der Waals surface area contributed by atoms with E-state index >= 15 is 0 Å². The summed E-state index contributed by atoms with van der Waals surface area (Å²) in [5.74, 6) is 0. The van der Waals surface area contributed by atoms with Gasteiger partial charge >= 0.3 is 0 Å². The Labute approximate surface area is 106 Å². The van der Waals surface area contributed by atoms with Gasteiger partial charge in [-0.1, -0.05) is 13.0 Å². The highest BCUT2D eigenvalue weighted by molar-refractivity contribution is 7.09. The van der Waals surface area contributed by atoms with E-state index in [9.17, 15) is 0 Å². The second kappa shape index (κ2) is 6.25. The average molecular weight is 247 g/mol. The fourth-order valence-corrected chi connectivity index (χ4v) is 2.15. The minimum absolute atomic E-state index is 0.858. The molecule has 2 heterocycles. The van der Waals surface area contributed by atoms with Crippen LogP contribution >= 0.6 is 11.3 Å². The predicted molar refractivity (Wildman–Crippen MR) is 74.7 cm³/mol. The highest BCUT2D eigenvalue weighted by atomic mass is 32.1. The first-order valence-electron chi connectivity index (χ1n) is 5.83. The Balaban J connectivity index is 1.91. The van der Waals surface area contributed by atoms with Crippen LogP contribution in [0.2, 0.25) is 0 Å². The molecule has 0 unspecified atom stereocenters. The minimum atomic E-state index is 0.858. The van der Waals surface area contributed by atoms with Crippen molar-refractivity contribution in [2.24, 2.45) is 0 Å². The zero-order valence-electron chi connectivity index (χ0n) is 9.94. The number of hydrogen-bond donors (Lipinski definition) is 2. The Bertz CT molecular complexity index is 440. The van der Waals surface area contributed by atoms with Crippen LogP contribution in [0, 0.1) is 0 Å². The van der Waals surface area contributed by atoms with Gasteiger partial charge in [-0.3, -0.25) is 4.98 Å². The topological polar surface area (TPSA) is 37.0 Å². The molecule has 2 aromatic heterocycles. The largest absolute Gasteiger partial charge is 0.384 e. The molecule has 90 valence electrons. The van der Waals surface area contributed by atoms with E-state index in [1.165, 1.54) is 4.88 Å². The van der Waals surface area contributed by atoms with Crippen molar-refractivity contribution in [1.29, 1.82) is 0 Å². The molecular weight excluding hydrogens is 230 g/mol. The van der Waals surface area contributed by atoms with Crippen LogP contribution in [0.4, 0.5) is 11.4 Å². The van der Waals surface area contributed by atoms with Gasteiger partial charge in [0.2, 0.25) is 0 Å². The number of pyridine rings is 1. The van der Waals surface area contributed by atoms with Crippen LogP contribution in [0.15, 0.2) is 36.0 Å². The molecule has 0 bridgehead atoms. The van der Waals surface area contributed by atoms with Gasteiger partial charge < -0.3 is 10.6 Å². The lowest BCUT2D eigenvalue weighted by Gasteiger charge is -2.08. The molecule has 0 amide bonds. The van der Waals surface area contributed by atoms with E-state index in [2.05, 4.69) is 46.1 Å². The van der Waals surface area contributed by atoms with E-state index in [1.807, 2.05) is 12.4 Å². The van der Waals surface area contributed by atoms with Gasteiger partial charge in [0.15, 0.2) is 0 Å². The summed E-state index contributed by atoms with van der Waals surface area (Å²) >= 11 is 1.76. The number of nitrogens with one attached hydrogen (secondary N) is 2. The molecule has 0 saturated heterocycles. The number of hydrogen-bond acceptors (Lipinski definition) is 4. The average Bonchev–Trinajstić information content (AvgIpc) is 2.87. The Morgan fingerprint density at radius 2 is 2.06 bits per heavy atom. The van der Waals surface area contributed by atoms with Gasteiger partial charge in [-0.05, 0) is 23.9 Å². The third-order valence-electron chi connectivity index (χ3n) is 2.36. The van der Waals surface area contributed by atoms with Crippen LogP contribution in [-0.4, -0.2) is 11.5 Å². The van der Waals surface area contributed by atoms with Crippen molar-refractivity contribution in [3.63, 3.8) is 0 Å². The van der Waals surface area contributed by atoms with Crippen molar-refractivity contribution in [2.45, 2.75) is 19.9 Å². The van der Waals surface area contributed by atoms with Crippen molar-refractivity contribution in [3.05, 3.63) is 40.8 Å². The van der Waals surface area contributed by atoms with Gasteiger partial charge in [0.25, 0.3) is 0 Å². The maximum Gasteiger partial charge on any atom is 0.0550 e. The monoisotopic (exact) mass is 247 g/mol. The summed E-state index contributed by atoms with van der Waals surface area (Å²) in [5, 5.41) is 8.79. The van der Waals surface area contributed by atoms with Crippen LogP contribution in [0.1, 0.15) is 18.2 Å². The molecule has 0 fully saturated rings. The molecule has 0 aromatic carbocycles. The maximum absolute atomic E-state index is 4.22. The SMILES string of the molecule is CCCNc1cncc(NCc2cccs2)c1. The molecule has 2 rings (SSSR count). The third-order valence-corrected chi connectivity index (χ3v) is 3.24. The van der Waals surface area contributed by atoms with Crippen LogP contribution in [0.25, 0.3) is 0 Å². The van der Waals surface area contributed by atoms with Crippen molar-refractivity contribution in [2.75, 3.05) is 17.2 Å². The summed E-state index contributed by atoms with van der Waals surface area (Å²) < 4.78 is 0. The molecule has 2 aromatic rings. The smallest absolute Gasteiger partial charge is 0.0550 e. The lowest BCUT2D eigenvalue weighted by molar-refractivity contribution is 0.977. The molecule has 0 radical (unpaired) electrons. The normalized spacial score (nSPS) is 10.2. The molecule has 0 spiro atoms. The van der Waals surface area contributed by atoms with E-state index in [1.54, 1.807) is 11.3 Å². The minimum Gasteiger partial charge on any atom is -0.384 e. The fourth-order valence-electron chi connectivity index (χ4n) is 1.50. The van der Waals surface area contributed by atoms with Crippen molar-refractivity contribution in [1.82, 2.24) is 4.98 Å². The molecule has 0 aliphatic carbocycles. The van der Waals surface area contributed by atoms with Gasteiger partial charge in [-0.15, -0.1) is 11.3 Å². The number of nitrogens with zero attached hydrogens (tertiary/aromatic N) is 1. The zero-order valence-corrected chi connectivity index (χ0v) is 10.8. The molecule has 0 saturated carbocycles. The Kier molecular flexibility index (Phi) is 4.38. The summed E-state index contributed by atoms with van der Waals surface area (Å²) in [6, 6.07) is 6.29. The Morgan fingerprint density at radius 1 is 1.24 bits per heavy atom. The molecule has 0 atom stereocenters. The molecule has 4 heteroatoms. The fraction of sp³-hybridized carbons (Fsp3) is 0.308. The van der Waals surface area contributed by atoms with Crippen LogP contribution in [0.3, 0.4) is 0 Å². The predicted octanol–water partition coefficient (Wildman–Crippen LogP) is 3.58. The molecule has 17 heavy (non-hydrogen) atoms. The second-order valence-corrected chi connectivity index (χ2v) is 4.85. The standard InChI is InChI=1S/C13H17N3S/c1-2-5-15-11-7-12(9-14-8-11)16-10-13-4-3-6-17-13/h3-4,6-9,15-16H,2,5,10H2,1H3. The maximum atomic E-state index is 4.22. The summed E-state index contributed by atoms with van der Waals surface area (Å²) in [7, 11) is 0. The molecule has 0 aliphatic rings. The third kappa shape index (κ3) is 3.75. The summed E-state index contributed by atoms with van der Waals surface area (Å²) in [6.45, 7) is 3.99. The molecule has 0 aliphatic heterocycles. The number of rotatable bonds is 6. The molecule has 3 nitrogen and oxygen atoms in total. The van der Waals surface area contributed by atoms with E-state index in [0.717, 1.165) is 30.9 Å². The number of anilines is 2. The first kappa shape index (κ1) is 11.9. The highest BCUT2D eigenvalue weighted by Crippen LogP contribution is 2.15. The van der Waals surface area contributed by atoms with Crippen molar-refractivity contribution in [3.8, 4) is 0 Å². The lowest BCUT2D eigenvalue weighted by atomic mass is 10.3.